The molecule has 1 heterocycles. The van der Waals surface area contributed by atoms with Gasteiger partial charge in [0.25, 0.3) is 0 Å². The van der Waals surface area contributed by atoms with E-state index in [2.05, 4.69) is 36.2 Å². The van der Waals surface area contributed by atoms with E-state index in [9.17, 15) is 0 Å². The number of aromatic nitrogens is 1. The normalized spacial score (nSPS) is 10.5. The molecule has 2 rings (SSSR count). The minimum atomic E-state index is 0.508. The van der Waals surface area contributed by atoms with E-state index in [1.54, 1.807) is 11.3 Å². The number of benzene rings is 1. The molecule has 2 nitrogen and oxygen atoms in total. The molecule has 1 aromatic carbocycles. The molecular formula is C12H14N2S. The average molecular weight is 218 g/mol. The molecule has 0 aliphatic heterocycles. The molecule has 0 saturated carbocycles. The molecule has 0 amide bonds. The Bertz CT molecular complexity index is 431. The second-order valence-corrected chi connectivity index (χ2v) is 4.24. The summed E-state index contributed by atoms with van der Waals surface area (Å²) in [7, 11) is 0. The zero-order valence-corrected chi connectivity index (χ0v) is 9.55. The number of hydrogen-bond donors (Lipinski definition) is 1. The molecule has 0 saturated heterocycles. The fraction of sp³-hybridized carbons (Fsp3) is 0.250. The predicted molar refractivity (Wildman–Crippen MR) is 64.8 cm³/mol. The van der Waals surface area contributed by atoms with E-state index < -0.39 is 0 Å². The second kappa shape index (κ2) is 4.55. The minimum absolute atomic E-state index is 0.508. The van der Waals surface area contributed by atoms with Crippen LogP contribution >= 0.6 is 11.3 Å². The number of rotatable bonds is 3. The number of nitrogens with two attached hydrogens (primary N) is 1. The summed E-state index contributed by atoms with van der Waals surface area (Å²) in [6.07, 6.45) is 1.08. The molecule has 0 spiro atoms. The first-order chi connectivity index (χ1) is 7.35. The van der Waals surface area contributed by atoms with Crippen LogP contribution in [-0.4, -0.2) is 4.98 Å². The third-order valence-electron chi connectivity index (χ3n) is 2.46. The third kappa shape index (κ3) is 2.08. The number of thiazole rings is 1. The highest BCUT2D eigenvalue weighted by Gasteiger charge is 2.06. The van der Waals surface area contributed by atoms with Crippen LogP contribution in [0.2, 0.25) is 0 Å². The van der Waals surface area contributed by atoms with E-state index in [4.69, 9.17) is 5.73 Å². The quantitative estimate of drug-likeness (QED) is 0.860. The Morgan fingerprint density at radius 1 is 1.27 bits per heavy atom. The van der Waals surface area contributed by atoms with Gasteiger partial charge in [0, 0.05) is 6.54 Å². The van der Waals surface area contributed by atoms with Crippen molar-refractivity contribution in [2.45, 2.75) is 19.9 Å². The predicted octanol–water partition coefficient (Wildman–Crippen LogP) is 2.83. The van der Waals surface area contributed by atoms with Gasteiger partial charge < -0.3 is 5.73 Å². The number of aryl methyl sites for hydroxylation is 1. The second-order valence-electron chi connectivity index (χ2n) is 3.38. The Balaban J connectivity index is 2.37. The zero-order chi connectivity index (χ0) is 10.7. The van der Waals surface area contributed by atoms with Gasteiger partial charge in [0.1, 0.15) is 0 Å². The SMILES string of the molecule is CCc1ccc(-c2scnc2CN)cc1. The van der Waals surface area contributed by atoms with Gasteiger partial charge in [0.15, 0.2) is 0 Å². The molecule has 0 fully saturated rings. The molecule has 1 aromatic heterocycles. The summed E-state index contributed by atoms with van der Waals surface area (Å²) in [6.45, 7) is 2.67. The molecule has 2 aromatic rings. The van der Waals surface area contributed by atoms with Gasteiger partial charge in [-0.25, -0.2) is 4.98 Å². The van der Waals surface area contributed by atoms with Crippen LogP contribution in [-0.2, 0) is 13.0 Å². The summed E-state index contributed by atoms with van der Waals surface area (Å²) < 4.78 is 0. The summed E-state index contributed by atoms with van der Waals surface area (Å²) >= 11 is 1.65. The first-order valence-corrected chi connectivity index (χ1v) is 5.95. The molecule has 0 aliphatic rings. The van der Waals surface area contributed by atoms with Crippen molar-refractivity contribution in [1.29, 1.82) is 0 Å². The molecule has 15 heavy (non-hydrogen) atoms. The maximum atomic E-state index is 5.63. The maximum Gasteiger partial charge on any atom is 0.0802 e. The van der Waals surface area contributed by atoms with E-state index in [1.165, 1.54) is 16.0 Å². The lowest BCUT2D eigenvalue weighted by molar-refractivity contribution is 1.01. The highest BCUT2D eigenvalue weighted by Crippen LogP contribution is 2.27. The van der Waals surface area contributed by atoms with Crippen LogP contribution in [0.3, 0.4) is 0 Å². The van der Waals surface area contributed by atoms with E-state index in [0.717, 1.165) is 12.1 Å². The summed E-state index contributed by atoms with van der Waals surface area (Å²) in [4.78, 5) is 5.44. The van der Waals surface area contributed by atoms with Crippen molar-refractivity contribution in [3.05, 3.63) is 41.0 Å². The van der Waals surface area contributed by atoms with Crippen LogP contribution in [0.4, 0.5) is 0 Å². The Kier molecular flexibility index (Phi) is 3.14. The molecule has 0 unspecified atom stereocenters. The Hall–Kier alpha value is -1.19. The van der Waals surface area contributed by atoms with Gasteiger partial charge in [-0.05, 0) is 17.5 Å². The lowest BCUT2D eigenvalue weighted by Gasteiger charge is -2.01. The lowest BCUT2D eigenvalue weighted by atomic mass is 10.1. The molecular weight excluding hydrogens is 204 g/mol. The zero-order valence-electron chi connectivity index (χ0n) is 8.73. The molecule has 0 atom stereocenters. The van der Waals surface area contributed by atoms with Gasteiger partial charge in [0.2, 0.25) is 0 Å². The summed E-state index contributed by atoms with van der Waals surface area (Å²) in [5.74, 6) is 0. The van der Waals surface area contributed by atoms with Crippen LogP contribution < -0.4 is 5.73 Å². The van der Waals surface area contributed by atoms with E-state index >= 15 is 0 Å². The fourth-order valence-electron chi connectivity index (χ4n) is 1.54. The van der Waals surface area contributed by atoms with E-state index in [0.29, 0.717) is 6.54 Å². The van der Waals surface area contributed by atoms with Crippen molar-refractivity contribution in [3.8, 4) is 10.4 Å². The topological polar surface area (TPSA) is 38.9 Å². The molecule has 78 valence electrons. The first-order valence-electron chi connectivity index (χ1n) is 5.07. The third-order valence-corrected chi connectivity index (χ3v) is 3.38. The fourth-order valence-corrected chi connectivity index (χ4v) is 2.37. The van der Waals surface area contributed by atoms with Crippen molar-refractivity contribution >= 4 is 11.3 Å². The first kappa shape index (κ1) is 10.3. The standard InChI is InChI=1S/C12H14N2S/c1-2-9-3-5-10(6-4-9)12-11(7-13)14-8-15-12/h3-6,8H,2,7,13H2,1H3. The Labute approximate surface area is 93.8 Å². The molecule has 0 aliphatic carbocycles. The highest BCUT2D eigenvalue weighted by molar-refractivity contribution is 7.13. The number of nitrogens with zero attached hydrogens (tertiary/aromatic N) is 1. The van der Waals surface area contributed by atoms with Gasteiger partial charge in [-0.15, -0.1) is 11.3 Å². The summed E-state index contributed by atoms with van der Waals surface area (Å²) in [5, 5.41) is 0. The molecule has 3 heteroatoms. The van der Waals surface area contributed by atoms with Gasteiger partial charge in [-0.2, -0.15) is 0 Å². The van der Waals surface area contributed by atoms with Crippen molar-refractivity contribution < 1.29 is 0 Å². The molecule has 0 bridgehead atoms. The van der Waals surface area contributed by atoms with Crippen LogP contribution in [0.1, 0.15) is 18.2 Å². The highest BCUT2D eigenvalue weighted by atomic mass is 32.1. The van der Waals surface area contributed by atoms with Gasteiger partial charge in [0.05, 0.1) is 16.1 Å². The van der Waals surface area contributed by atoms with Gasteiger partial charge >= 0.3 is 0 Å². The summed E-state index contributed by atoms with van der Waals surface area (Å²) in [6, 6.07) is 8.61. The van der Waals surface area contributed by atoms with E-state index in [-0.39, 0.29) is 0 Å². The Morgan fingerprint density at radius 2 is 2.00 bits per heavy atom. The van der Waals surface area contributed by atoms with E-state index in [1.807, 2.05) is 5.51 Å². The molecule has 2 N–H and O–H groups in total. The minimum Gasteiger partial charge on any atom is -0.325 e. The maximum absolute atomic E-state index is 5.63. The largest absolute Gasteiger partial charge is 0.325 e. The van der Waals surface area contributed by atoms with Crippen LogP contribution in [0.25, 0.3) is 10.4 Å². The van der Waals surface area contributed by atoms with Crippen molar-refractivity contribution in [2.75, 3.05) is 0 Å². The van der Waals surface area contributed by atoms with Gasteiger partial charge in [-0.1, -0.05) is 31.2 Å². The number of hydrogen-bond acceptors (Lipinski definition) is 3. The van der Waals surface area contributed by atoms with Crippen molar-refractivity contribution in [1.82, 2.24) is 4.98 Å². The smallest absolute Gasteiger partial charge is 0.0802 e. The lowest BCUT2D eigenvalue weighted by Crippen LogP contribution is -1.97. The molecule has 0 radical (unpaired) electrons. The van der Waals surface area contributed by atoms with Crippen LogP contribution in [0, 0.1) is 0 Å². The Morgan fingerprint density at radius 3 is 2.60 bits per heavy atom. The van der Waals surface area contributed by atoms with Crippen LogP contribution in [0.15, 0.2) is 29.8 Å². The summed E-state index contributed by atoms with van der Waals surface area (Å²) in [5.41, 5.74) is 11.1. The van der Waals surface area contributed by atoms with Crippen molar-refractivity contribution in [2.24, 2.45) is 5.73 Å². The average Bonchev–Trinajstić information content (AvgIpc) is 2.77. The van der Waals surface area contributed by atoms with Crippen LogP contribution in [0.5, 0.6) is 0 Å². The van der Waals surface area contributed by atoms with Gasteiger partial charge in [-0.3, -0.25) is 0 Å². The van der Waals surface area contributed by atoms with Crippen molar-refractivity contribution in [3.63, 3.8) is 0 Å². The monoisotopic (exact) mass is 218 g/mol.